The number of fused-ring (bicyclic) bond motifs is 1. The summed E-state index contributed by atoms with van der Waals surface area (Å²) in [5.41, 5.74) is 0.264. The van der Waals surface area contributed by atoms with Crippen molar-refractivity contribution in [2.45, 2.75) is 40.2 Å². The van der Waals surface area contributed by atoms with Crippen LogP contribution in [0.15, 0.2) is 18.5 Å². The van der Waals surface area contributed by atoms with Crippen LogP contribution in [0.3, 0.4) is 0 Å². The molecule has 0 fully saturated rings. The standard InChI is InChI=1S/C11H13N3O2S.C2H6/c1-11(2,3)16-10(15)14-8-6-7-9(17-8)13-5-4-12-7;1-2/h4-6H,1-3H3,(H,14,15);1-2H3. The third-order valence-corrected chi connectivity index (χ3v) is 2.74. The summed E-state index contributed by atoms with van der Waals surface area (Å²) >= 11 is 1.37. The normalized spacial score (nSPS) is 10.6. The number of aromatic nitrogens is 2. The van der Waals surface area contributed by atoms with Gasteiger partial charge in [-0.3, -0.25) is 10.3 Å². The first-order valence-corrected chi connectivity index (χ1v) is 6.96. The van der Waals surface area contributed by atoms with E-state index in [1.165, 1.54) is 11.3 Å². The van der Waals surface area contributed by atoms with Gasteiger partial charge in [-0.1, -0.05) is 25.2 Å². The van der Waals surface area contributed by atoms with Crippen LogP contribution in [0.1, 0.15) is 34.6 Å². The first kappa shape index (κ1) is 15.4. The van der Waals surface area contributed by atoms with Crippen LogP contribution in [0, 0.1) is 0 Å². The molecule has 0 spiro atoms. The number of ether oxygens (including phenoxy) is 1. The number of carbonyl (C=O) groups excluding carboxylic acids is 1. The number of carbonyl (C=O) groups is 1. The van der Waals surface area contributed by atoms with E-state index >= 15 is 0 Å². The average molecular weight is 281 g/mol. The van der Waals surface area contributed by atoms with Crippen molar-refractivity contribution >= 4 is 32.8 Å². The van der Waals surface area contributed by atoms with Crippen molar-refractivity contribution in [1.82, 2.24) is 9.97 Å². The Morgan fingerprint density at radius 1 is 1.26 bits per heavy atom. The molecule has 5 nitrogen and oxygen atoms in total. The van der Waals surface area contributed by atoms with E-state index in [-0.39, 0.29) is 0 Å². The van der Waals surface area contributed by atoms with Gasteiger partial charge in [0.25, 0.3) is 0 Å². The molecule has 0 aromatic carbocycles. The molecule has 2 aromatic heterocycles. The van der Waals surface area contributed by atoms with E-state index in [1.54, 1.807) is 18.5 Å². The fourth-order valence-corrected chi connectivity index (χ4v) is 2.08. The summed E-state index contributed by atoms with van der Waals surface area (Å²) in [5.74, 6) is 0. The highest BCUT2D eigenvalue weighted by molar-refractivity contribution is 7.22. The van der Waals surface area contributed by atoms with Crippen molar-refractivity contribution in [3.8, 4) is 0 Å². The summed E-state index contributed by atoms with van der Waals surface area (Å²) in [5, 5.41) is 3.35. The van der Waals surface area contributed by atoms with Gasteiger partial charge < -0.3 is 4.74 Å². The third kappa shape index (κ3) is 4.82. The molecule has 0 saturated carbocycles. The lowest BCUT2D eigenvalue weighted by molar-refractivity contribution is 0.0636. The predicted octanol–water partition coefficient (Wildman–Crippen LogP) is 4.06. The topological polar surface area (TPSA) is 64.1 Å². The number of amides is 1. The molecule has 0 radical (unpaired) electrons. The molecule has 6 heteroatoms. The Kier molecular flexibility index (Phi) is 5.23. The van der Waals surface area contributed by atoms with Crippen LogP contribution in [0.25, 0.3) is 10.3 Å². The molecule has 0 aliphatic heterocycles. The van der Waals surface area contributed by atoms with Gasteiger partial charge in [-0.2, -0.15) is 0 Å². The molecule has 1 N–H and O–H groups in total. The molecule has 0 atom stereocenters. The predicted molar refractivity (Wildman–Crippen MR) is 78.6 cm³/mol. The molecule has 104 valence electrons. The van der Waals surface area contributed by atoms with E-state index in [0.717, 1.165) is 10.3 Å². The van der Waals surface area contributed by atoms with E-state index in [1.807, 2.05) is 34.6 Å². The third-order valence-electron chi connectivity index (χ3n) is 1.79. The van der Waals surface area contributed by atoms with Gasteiger partial charge in [-0.25, -0.2) is 9.78 Å². The smallest absolute Gasteiger partial charge is 0.412 e. The van der Waals surface area contributed by atoms with Crippen molar-refractivity contribution in [2.24, 2.45) is 0 Å². The van der Waals surface area contributed by atoms with Gasteiger partial charge in [0.15, 0.2) is 0 Å². The van der Waals surface area contributed by atoms with Crippen LogP contribution >= 0.6 is 11.3 Å². The average Bonchev–Trinajstić information content (AvgIpc) is 2.70. The molecule has 0 aliphatic carbocycles. The van der Waals surface area contributed by atoms with E-state index in [2.05, 4.69) is 15.3 Å². The Bertz CT molecular complexity index is 513. The largest absolute Gasteiger partial charge is 0.444 e. The van der Waals surface area contributed by atoms with Gasteiger partial charge in [0.1, 0.15) is 20.9 Å². The highest BCUT2D eigenvalue weighted by Gasteiger charge is 2.17. The first-order valence-electron chi connectivity index (χ1n) is 6.14. The molecule has 1 amide bonds. The van der Waals surface area contributed by atoms with Crippen molar-refractivity contribution in [2.75, 3.05) is 5.32 Å². The minimum absolute atomic E-state index is 0.468. The van der Waals surface area contributed by atoms with Crippen molar-refractivity contribution in [3.05, 3.63) is 18.5 Å². The van der Waals surface area contributed by atoms with Crippen LogP contribution in [0.2, 0.25) is 0 Å². The van der Waals surface area contributed by atoms with Crippen LogP contribution in [0.4, 0.5) is 9.80 Å². The zero-order valence-corrected chi connectivity index (χ0v) is 12.7. The van der Waals surface area contributed by atoms with Gasteiger partial charge in [-0.15, -0.1) is 0 Å². The first-order chi connectivity index (χ1) is 8.94. The Hall–Kier alpha value is -1.69. The summed E-state index contributed by atoms with van der Waals surface area (Å²) in [6.07, 6.45) is 2.77. The van der Waals surface area contributed by atoms with Crippen molar-refractivity contribution in [1.29, 1.82) is 0 Å². The van der Waals surface area contributed by atoms with E-state index in [4.69, 9.17) is 4.74 Å². The summed E-state index contributed by atoms with van der Waals surface area (Å²) in [7, 11) is 0. The number of anilines is 1. The van der Waals surface area contributed by atoms with Gasteiger partial charge >= 0.3 is 6.09 Å². The minimum atomic E-state index is -0.503. The monoisotopic (exact) mass is 281 g/mol. The maximum atomic E-state index is 11.5. The van der Waals surface area contributed by atoms with Crippen LogP contribution in [0.5, 0.6) is 0 Å². The second-order valence-electron chi connectivity index (χ2n) is 4.48. The summed E-state index contributed by atoms with van der Waals surface area (Å²) in [4.78, 5) is 20.6. The summed E-state index contributed by atoms with van der Waals surface area (Å²) in [6.45, 7) is 9.46. The number of nitrogens with zero attached hydrogens (tertiary/aromatic N) is 2. The second-order valence-corrected chi connectivity index (χ2v) is 5.51. The number of hydrogen-bond acceptors (Lipinski definition) is 5. The van der Waals surface area contributed by atoms with Gasteiger partial charge in [0.05, 0.1) is 0 Å². The van der Waals surface area contributed by atoms with E-state index in [9.17, 15) is 4.79 Å². The number of rotatable bonds is 1. The van der Waals surface area contributed by atoms with Crippen molar-refractivity contribution in [3.63, 3.8) is 0 Å². The molecule has 19 heavy (non-hydrogen) atoms. The van der Waals surface area contributed by atoms with Crippen LogP contribution < -0.4 is 5.32 Å². The second kappa shape index (κ2) is 6.47. The molecule has 2 heterocycles. The maximum Gasteiger partial charge on any atom is 0.412 e. The number of thiophene rings is 1. The number of hydrogen-bond donors (Lipinski definition) is 1. The Balaban J connectivity index is 0.000000861. The molecule has 0 bridgehead atoms. The fraction of sp³-hybridized carbons (Fsp3) is 0.462. The molecule has 0 saturated heterocycles. The molecule has 0 unspecified atom stereocenters. The molecular formula is C13H19N3O2S. The van der Waals surface area contributed by atoms with Gasteiger partial charge in [0, 0.05) is 18.5 Å². The molecule has 0 aliphatic rings. The quantitative estimate of drug-likeness (QED) is 0.856. The molecule has 2 rings (SSSR count). The summed E-state index contributed by atoms with van der Waals surface area (Å²) < 4.78 is 5.15. The molecule has 2 aromatic rings. The van der Waals surface area contributed by atoms with Crippen LogP contribution in [-0.4, -0.2) is 21.7 Å². The lowest BCUT2D eigenvalue weighted by atomic mass is 10.2. The SMILES string of the molecule is CC.CC(C)(C)OC(=O)Nc1cc2nccnc2s1. The van der Waals surface area contributed by atoms with Gasteiger partial charge in [-0.05, 0) is 20.8 Å². The Morgan fingerprint density at radius 2 is 1.89 bits per heavy atom. The van der Waals surface area contributed by atoms with Crippen molar-refractivity contribution < 1.29 is 9.53 Å². The van der Waals surface area contributed by atoms with E-state index in [0.29, 0.717) is 5.00 Å². The lowest BCUT2D eigenvalue weighted by Gasteiger charge is -2.19. The highest BCUT2D eigenvalue weighted by atomic mass is 32.1. The van der Waals surface area contributed by atoms with Gasteiger partial charge in [0.2, 0.25) is 0 Å². The zero-order chi connectivity index (χ0) is 14.5. The summed E-state index contributed by atoms with van der Waals surface area (Å²) in [6, 6.07) is 1.77. The van der Waals surface area contributed by atoms with Crippen LogP contribution in [-0.2, 0) is 4.74 Å². The highest BCUT2D eigenvalue weighted by Crippen LogP contribution is 2.26. The number of nitrogens with one attached hydrogen (secondary N) is 1. The fourth-order valence-electron chi connectivity index (χ4n) is 1.24. The minimum Gasteiger partial charge on any atom is -0.444 e. The van der Waals surface area contributed by atoms with E-state index < -0.39 is 11.7 Å². The maximum absolute atomic E-state index is 11.5. The lowest BCUT2D eigenvalue weighted by Crippen LogP contribution is -2.26. The Labute approximate surface area is 117 Å². The molecular weight excluding hydrogens is 262 g/mol. The zero-order valence-electron chi connectivity index (χ0n) is 11.9. The Morgan fingerprint density at radius 3 is 2.47 bits per heavy atom.